The van der Waals surface area contributed by atoms with Crippen LogP contribution in [0.3, 0.4) is 0 Å². The number of carbonyl (C=O) groups excluding carboxylic acids is 13. The van der Waals surface area contributed by atoms with E-state index in [0.29, 0.717) is 24.2 Å². The second kappa shape index (κ2) is 33.4. The van der Waals surface area contributed by atoms with Gasteiger partial charge in [0.05, 0.1) is 25.7 Å². The number of likely N-dealkylation sites (tertiary alicyclic amines) is 1. The number of nitrogens with one attached hydrogen (secondary N) is 5. The molecule has 0 aliphatic carbocycles. The second-order valence-electron chi connectivity index (χ2n) is 25.8. The smallest absolute Gasteiger partial charge is 0.329 e. The Labute approximate surface area is 532 Å². The molecule has 28 nitrogen and oxygen atoms in total. The molecule has 0 spiro atoms. The van der Waals surface area contributed by atoms with Crippen LogP contribution in [0.15, 0.2) is 24.3 Å². The van der Waals surface area contributed by atoms with Crippen molar-refractivity contribution in [1.82, 2.24) is 46.2 Å². The fraction of sp³-hybridized carbons (Fsp3) is 0.698. The molecule has 4 aliphatic heterocycles. The molecule has 5 rings (SSSR count). The molecule has 0 radical (unpaired) electrons. The van der Waals surface area contributed by atoms with Crippen molar-refractivity contribution >= 4 is 77.0 Å². The average Bonchev–Trinajstić information content (AvgIpc) is 2.10. The van der Waals surface area contributed by atoms with Gasteiger partial charge in [-0.25, -0.2) is 9.59 Å². The molecule has 10 amide bonds. The van der Waals surface area contributed by atoms with E-state index in [0.717, 1.165) is 4.90 Å². The van der Waals surface area contributed by atoms with Gasteiger partial charge in [-0.2, -0.15) is 0 Å². The van der Waals surface area contributed by atoms with E-state index in [-0.39, 0.29) is 88.6 Å². The van der Waals surface area contributed by atoms with Crippen LogP contribution in [0.2, 0.25) is 0 Å². The number of likely N-dealkylation sites (N-methyl/N-ethyl adjacent to an activating group) is 2. The number of rotatable bonds is 21. The number of carbonyl (C=O) groups is 13. The molecule has 8 N–H and O–H groups in total. The van der Waals surface area contributed by atoms with E-state index < -0.39 is 168 Å². The van der Waals surface area contributed by atoms with Gasteiger partial charge in [-0.1, -0.05) is 67.5 Å². The zero-order valence-corrected chi connectivity index (χ0v) is 54.8. The normalized spacial score (nSPS) is 26.0. The number of aliphatic hydroxyl groups excluding tert-OH is 1. The summed E-state index contributed by atoms with van der Waals surface area (Å²) in [7, 11) is 4.21. The standard InChI is InChI=1S/C63H96N10O18/c1-32(2)28-42-59(83)73-27-15-17-44(73)61(85)71(12)46(30-38-18-20-39(88-13)21-19-38)63(87)89-36(9)52(56(80)68-51(34(5)6)47(74)31-50(77)91-53(35(7)8)57(81)67-42)69-55(79)45(29-33(3)4)70(11)60(84)43-16-14-26-72(43)58(82)37(10)90-62(86)41(22-24-48(64)75)66-54(78)40-23-25-49(76)65-40/h18-21,32-37,40-47,51-53,74H,14-17,22-31H2,1-13H3,(H2,64,75)(H,65,76)(H,66,78)(H,67,81)(H,68,80)(H,69,79)/t36-,37+,40+,41+,42+,43+,44+,45-,46+,47+,51-,52+,53?/m1/s1. The van der Waals surface area contributed by atoms with Gasteiger partial charge < -0.3 is 76.0 Å². The van der Waals surface area contributed by atoms with Gasteiger partial charge in [0.15, 0.2) is 12.2 Å². The Morgan fingerprint density at radius 3 is 2.07 bits per heavy atom. The summed E-state index contributed by atoms with van der Waals surface area (Å²) >= 11 is 0. The number of esters is 3. The Bertz CT molecular complexity index is 2810. The summed E-state index contributed by atoms with van der Waals surface area (Å²) < 4.78 is 22.8. The third-order valence-corrected chi connectivity index (χ3v) is 17.0. The molecule has 1 aromatic carbocycles. The molecule has 91 heavy (non-hydrogen) atoms. The topological polar surface area (TPSA) is 378 Å². The minimum Gasteiger partial charge on any atom is -0.497 e. The number of hydrogen-bond acceptors (Lipinski definition) is 18. The van der Waals surface area contributed by atoms with Crippen molar-refractivity contribution in [2.75, 3.05) is 34.3 Å². The lowest BCUT2D eigenvalue weighted by molar-refractivity contribution is -0.163. The zero-order valence-electron chi connectivity index (χ0n) is 54.8. The van der Waals surface area contributed by atoms with E-state index in [1.54, 1.807) is 65.8 Å². The minimum absolute atomic E-state index is 0.0191. The van der Waals surface area contributed by atoms with Crippen LogP contribution in [-0.2, 0) is 83.0 Å². The van der Waals surface area contributed by atoms with E-state index in [1.165, 1.54) is 49.8 Å². The lowest BCUT2D eigenvalue weighted by Crippen LogP contribution is -2.62. The first-order valence-corrected chi connectivity index (χ1v) is 31.6. The van der Waals surface area contributed by atoms with Gasteiger partial charge in [-0.3, -0.25) is 52.7 Å². The van der Waals surface area contributed by atoms with E-state index >= 15 is 14.4 Å². The van der Waals surface area contributed by atoms with Gasteiger partial charge in [0.1, 0.15) is 60.2 Å². The Balaban J connectivity index is 1.50. The van der Waals surface area contributed by atoms with Gasteiger partial charge in [-0.05, 0) is 107 Å². The lowest BCUT2D eigenvalue weighted by atomic mass is 9.95. The van der Waals surface area contributed by atoms with Gasteiger partial charge in [0.25, 0.3) is 11.8 Å². The Hall–Kier alpha value is -7.91. The summed E-state index contributed by atoms with van der Waals surface area (Å²) in [5.41, 5.74) is 5.90. The number of ether oxygens (including phenoxy) is 4. The van der Waals surface area contributed by atoms with Crippen LogP contribution in [0.4, 0.5) is 0 Å². The predicted octanol–water partition coefficient (Wildman–Crippen LogP) is 0.301. The number of hydrogen-bond donors (Lipinski definition) is 7. The van der Waals surface area contributed by atoms with Crippen LogP contribution in [0.1, 0.15) is 145 Å². The van der Waals surface area contributed by atoms with Crippen LogP contribution >= 0.6 is 0 Å². The highest BCUT2D eigenvalue weighted by atomic mass is 16.6. The molecule has 1 unspecified atom stereocenters. The SMILES string of the molecule is COc1ccc(C[C@H]2C(=O)O[C@H](C)[C@H](NC(=O)[C@@H](CC(C)C)N(C)C(=O)[C@@H]3CCCN3C(=O)[C@H](C)OC(=O)[C@H](CCC(N)=O)NC(=O)[C@@H]3CCC(=O)N3)C(=O)N[C@H](C(C)C)[C@@H](O)CC(=O)OC(C(C)C)C(=O)N[C@@H](CC(C)C)C(=O)N3CCC[C@H]3C(=O)N2C)cc1. The maximum Gasteiger partial charge on any atom is 0.329 e. The Morgan fingerprint density at radius 1 is 0.824 bits per heavy atom. The molecular weight excluding hydrogens is 1180 g/mol. The molecule has 4 saturated heterocycles. The molecule has 4 fully saturated rings. The summed E-state index contributed by atoms with van der Waals surface area (Å²) in [6, 6.07) is -5.06. The highest BCUT2D eigenvalue weighted by molar-refractivity contribution is 5.98. The van der Waals surface area contributed by atoms with Crippen LogP contribution in [0.25, 0.3) is 0 Å². The molecule has 1 aromatic rings. The summed E-state index contributed by atoms with van der Waals surface area (Å²) in [4.78, 5) is 187. The molecule has 4 aliphatic rings. The number of primary amides is 1. The van der Waals surface area contributed by atoms with E-state index in [1.807, 2.05) is 13.8 Å². The monoisotopic (exact) mass is 1280 g/mol. The van der Waals surface area contributed by atoms with Crippen molar-refractivity contribution in [3.63, 3.8) is 0 Å². The molecule has 13 atom stereocenters. The summed E-state index contributed by atoms with van der Waals surface area (Å²) in [6.45, 7) is 16.6. The van der Waals surface area contributed by atoms with Crippen molar-refractivity contribution in [3.8, 4) is 5.75 Å². The number of nitrogens with zero attached hydrogens (tertiary/aromatic N) is 4. The molecule has 0 bridgehead atoms. The molecule has 506 valence electrons. The molecule has 0 aromatic heterocycles. The van der Waals surface area contributed by atoms with Crippen molar-refractivity contribution in [2.24, 2.45) is 29.4 Å². The zero-order chi connectivity index (χ0) is 67.9. The van der Waals surface area contributed by atoms with Crippen LogP contribution in [0.5, 0.6) is 5.75 Å². The average molecular weight is 1280 g/mol. The van der Waals surface area contributed by atoms with Gasteiger partial charge in [-0.15, -0.1) is 0 Å². The number of methoxy groups -OCH3 is 1. The number of fused-ring (bicyclic) bond motifs is 1. The number of aliphatic hydroxyl groups is 1. The van der Waals surface area contributed by atoms with Crippen LogP contribution in [-0.4, -0.2) is 215 Å². The van der Waals surface area contributed by atoms with Crippen molar-refractivity contribution in [3.05, 3.63) is 29.8 Å². The second-order valence-corrected chi connectivity index (χ2v) is 25.8. The van der Waals surface area contributed by atoms with Crippen molar-refractivity contribution in [2.45, 2.75) is 225 Å². The third-order valence-electron chi connectivity index (χ3n) is 17.0. The fourth-order valence-electron chi connectivity index (χ4n) is 11.8. The van der Waals surface area contributed by atoms with Crippen LogP contribution in [0, 0.1) is 23.7 Å². The first-order chi connectivity index (χ1) is 42.7. The number of amides is 10. The van der Waals surface area contributed by atoms with Crippen molar-refractivity contribution < 1.29 is 86.4 Å². The number of benzene rings is 1. The van der Waals surface area contributed by atoms with Gasteiger partial charge in [0.2, 0.25) is 47.3 Å². The van der Waals surface area contributed by atoms with Crippen molar-refractivity contribution in [1.29, 1.82) is 0 Å². The minimum atomic E-state index is -1.82. The molecule has 28 heteroatoms. The Morgan fingerprint density at radius 2 is 1.48 bits per heavy atom. The number of cyclic esters (lactones) is 2. The van der Waals surface area contributed by atoms with E-state index in [2.05, 4.69) is 26.6 Å². The first-order valence-electron chi connectivity index (χ1n) is 31.6. The molecular formula is C63H96N10O18. The van der Waals surface area contributed by atoms with Gasteiger partial charge in [0, 0.05) is 46.4 Å². The quantitative estimate of drug-likeness (QED) is 0.0643. The third kappa shape index (κ3) is 20.0. The number of nitrogens with two attached hydrogens (primary N) is 1. The predicted molar refractivity (Wildman–Crippen MR) is 327 cm³/mol. The largest absolute Gasteiger partial charge is 0.497 e. The summed E-state index contributed by atoms with van der Waals surface area (Å²) in [6.07, 6.45) is -6.36. The summed E-state index contributed by atoms with van der Waals surface area (Å²) in [5, 5.41) is 25.0. The fourth-order valence-corrected chi connectivity index (χ4v) is 11.8. The van der Waals surface area contributed by atoms with Gasteiger partial charge >= 0.3 is 17.9 Å². The van der Waals surface area contributed by atoms with E-state index in [9.17, 15) is 53.1 Å². The highest BCUT2D eigenvalue weighted by Gasteiger charge is 2.46. The maximum atomic E-state index is 15.1. The maximum absolute atomic E-state index is 15.1. The summed E-state index contributed by atoms with van der Waals surface area (Å²) in [5.74, 6) is -11.6. The Kier molecular flexibility index (Phi) is 27.1. The van der Waals surface area contributed by atoms with E-state index in [4.69, 9.17) is 24.7 Å². The molecule has 0 saturated carbocycles. The van der Waals surface area contributed by atoms with Crippen LogP contribution < -0.4 is 37.1 Å². The highest BCUT2D eigenvalue weighted by Crippen LogP contribution is 2.28. The molecule has 4 heterocycles. The lowest BCUT2D eigenvalue weighted by Gasteiger charge is -2.36. The first kappa shape index (κ1) is 73.8.